The highest BCUT2D eigenvalue weighted by Crippen LogP contribution is 2.43. The molecule has 0 bridgehead atoms. The normalized spacial score (nSPS) is 18.4. The first-order chi connectivity index (χ1) is 20.1. The van der Waals surface area contributed by atoms with E-state index in [2.05, 4.69) is 16.0 Å². The smallest absolute Gasteiger partial charge is 0.324 e. The molecular weight excluding hydrogens is 542 g/mol. The average molecular weight is 596 g/mol. The number of likely N-dealkylation sites (N-methyl/N-ethyl adjacent to an activating group) is 2. The number of ether oxygens (including phenoxy) is 3. The Morgan fingerprint density at radius 3 is 2.40 bits per heavy atom. The van der Waals surface area contributed by atoms with Crippen LogP contribution in [0.15, 0.2) is 18.2 Å². The molecule has 1 aliphatic heterocycles. The molecule has 1 aliphatic rings. The van der Waals surface area contributed by atoms with Gasteiger partial charge in [-0.1, -0.05) is 6.07 Å². The second kappa shape index (κ2) is 18.3. The number of carbonyl (C=O) groups is 2. The SMILES string of the molecule is CNC[C@H](NC)C(=O)O[C@H](C[C@H](OC(C)=O)[C@H](CCCO)CC[C@H](C)O)C1(Cc2ccc(O)c(OC)c2)CCNCC1. The molecular formula is C31H53N3O8. The van der Waals surface area contributed by atoms with Gasteiger partial charge in [0.25, 0.3) is 0 Å². The standard InChI is InChI=1S/C31H53N3O8/c1-21(36)8-10-24(7-6-16-35)27(41-22(2)37)18-29(42-30(39)25(33-4)20-32-3)31(12-14-34-15-13-31)19-23-9-11-26(38)28(17-23)40-5/h9,11,17,21,24-25,27,29,32-36,38H,6-8,10,12-16,18-20H2,1-5H3/t21-,24+,25-,27-,29+/m0/s1. The number of nitrogens with one attached hydrogen (secondary N) is 3. The number of hydrogen-bond acceptors (Lipinski definition) is 11. The number of hydrogen-bond donors (Lipinski definition) is 6. The highest BCUT2D eigenvalue weighted by molar-refractivity contribution is 5.76. The summed E-state index contributed by atoms with van der Waals surface area (Å²) in [6, 6.07) is 4.70. The molecule has 0 aromatic heterocycles. The van der Waals surface area contributed by atoms with Crippen molar-refractivity contribution >= 4 is 11.9 Å². The molecule has 1 fully saturated rings. The van der Waals surface area contributed by atoms with Crippen LogP contribution in [0.3, 0.4) is 0 Å². The van der Waals surface area contributed by atoms with Crippen molar-refractivity contribution < 1.29 is 39.1 Å². The van der Waals surface area contributed by atoms with Crippen molar-refractivity contribution in [1.29, 1.82) is 0 Å². The zero-order valence-electron chi connectivity index (χ0n) is 26.0. The molecule has 0 saturated carbocycles. The van der Waals surface area contributed by atoms with E-state index in [9.17, 15) is 24.9 Å². The lowest BCUT2D eigenvalue weighted by Crippen LogP contribution is -2.52. The van der Waals surface area contributed by atoms with Crippen molar-refractivity contribution in [2.24, 2.45) is 11.3 Å². The Balaban J connectivity index is 2.57. The molecule has 11 heteroatoms. The number of piperidine rings is 1. The van der Waals surface area contributed by atoms with E-state index in [1.54, 1.807) is 27.1 Å². The third kappa shape index (κ3) is 11.0. The lowest BCUT2D eigenvalue weighted by atomic mass is 9.67. The van der Waals surface area contributed by atoms with Crippen LogP contribution in [0.4, 0.5) is 0 Å². The molecule has 11 nitrogen and oxygen atoms in total. The average Bonchev–Trinajstić information content (AvgIpc) is 2.96. The fourth-order valence-electron chi connectivity index (χ4n) is 6.01. The van der Waals surface area contributed by atoms with Gasteiger partial charge >= 0.3 is 11.9 Å². The summed E-state index contributed by atoms with van der Waals surface area (Å²) in [6.07, 6.45) is 2.81. The van der Waals surface area contributed by atoms with Gasteiger partial charge in [0, 0.05) is 31.9 Å². The molecule has 2 rings (SSSR count). The Labute approximate surface area is 250 Å². The molecule has 1 saturated heterocycles. The van der Waals surface area contributed by atoms with Crippen LogP contribution < -0.4 is 20.7 Å². The summed E-state index contributed by atoms with van der Waals surface area (Å²) in [5.74, 6) is -0.541. The molecule has 1 heterocycles. The molecule has 0 spiro atoms. The predicted octanol–water partition coefficient (Wildman–Crippen LogP) is 1.90. The third-order valence-corrected chi connectivity index (χ3v) is 8.36. The highest BCUT2D eigenvalue weighted by atomic mass is 16.6. The Bertz CT molecular complexity index is 954. The minimum atomic E-state index is -0.605. The van der Waals surface area contributed by atoms with Crippen molar-refractivity contribution in [2.75, 3.05) is 47.4 Å². The Morgan fingerprint density at radius 2 is 1.83 bits per heavy atom. The molecule has 5 atom stereocenters. The van der Waals surface area contributed by atoms with E-state index in [1.807, 2.05) is 12.1 Å². The number of benzene rings is 1. The van der Waals surface area contributed by atoms with E-state index in [4.69, 9.17) is 14.2 Å². The van der Waals surface area contributed by atoms with Crippen LogP contribution in [0.1, 0.15) is 64.4 Å². The minimum absolute atomic E-state index is 0.00252. The van der Waals surface area contributed by atoms with Crippen LogP contribution in [0.5, 0.6) is 11.5 Å². The van der Waals surface area contributed by atoms with Crippen LogP contribution >= 0.6 is 0 Å². The van der Waals surface area contributed by atoms with Crippen LogP contribution in [0.2, 0.25) is 0 Å². The fraction of sp³-hybridized carbons (Fsp3) is 0.742. The second-order valence-corrected chi connectivity index (χ2v) is 11.6. The summed E-state index contributed by atoms with van der Waals surface area (Å²) in [5, 5.41) is 39.3. The first-order valence-electron chi connectivity index (χ1n) is 15.1. The van der Waals surface area contributed by atoms with Crippen LogP contribution in [0, 0.1) is 11.3 Å². The summed E-state index contributed by atoms with van der Waals surface area (Å²) in [6.45, 7) is 4.94. The number of methoxy groups -OCH3 is 1. The van der Waals surface area contributed by atoms with Gasteiger partial charge in [0.15, 0.2) is 11.5 Å². The molecule has 6 N–H and O–H groups in total. The van der Waals surface area contributed by atoms with E-state index in [1.165, 1.54) is 14.0 Å². The van der Waals surface area contributed by atoms with Crippen molar-refractivity contribution in [3.63, 3.8) is 0 Å². The maximum Gasteiger partial charge on any atom is 0.324 e. The lowest BCUT2D eigenvalue weighted by molar-refractivity contribution is -0.168. The minimum Gasteiger partial charge on any atom is -0.504 e. The largest absolute Gasteiger partial charge is 0.504 e. The van der Waals surface area contributed by atoms with Gasteiger partial charge in [-0.3, -0.25) is 9.59 Å². The Kier molecular flexibility index (Phi) is 15.6. The zero-order chi connectivity index (χ0) is 31.1. The van der Waals surface area contributed by atoms with Gasteiger partial charge in [-0.25, -0.2) is 0 Å². The summed E-state index contributed by atoms with van der Waals surface area (Å²) in [7, 11) is 4.99. The summed E-state index contributed by atoms with van der Waals surface area (Å²) in [4.78, 5) is 25.9. The van der Waals surface area contributed by atoms with E-state index < -0.39 is 41.7 Å². The van der Waals surface area contributed by atoms with Gasteiger partial charge in [0.2, 0.25) is 0 Å². The van der Waals surface area contributed by atoms with Crippen LogP contribution in [-0.2, 0) is 25.5 Å². The van der Waals surface area contributed by atoms with Crippen molar-refractivity contribution in [3.05, 3.63) is 23.8 Å². The number of aliphatic hydroxyl groups excluding tert-OH is 2. The zero-order valence-corrected chi connectivity index (χ0v) is 26.0. The topological polar surface area (TPSA) is 159 Å². The highest BCUT2D eigenvalue weighted by Gasteiger charge is 2.45. The number of esters is 2. The number of aromatic hydroxyl groups is 1. The van der Waals surface area contributed by atoms with Gasteiger partial charge in [-0.15, -0.1) is 0 Å². The first kappa shape index (κ1) is 35.8. The van der Waals surface area contributed by atoms with Gasteiger partial charge in [-0.05, 0) is 103 Å². The van der Waals surface area contributed by atoms with E-state index in [-0.39, 0.29) is 24.7 Å². The third-order valence-electron chi connectivity index (χ3n) is 8.36. The molecule has 42 heavy (non-hydrogen) atoms. The predicted molar refractivity (Wildman–Crippen MR) is 160 cm³/mol. The number of phenolic OH excluding ortho intramolecular Hbond substituents is 1. The molecule has 0 unspecified atom stereocenters. The van der Waals surface area contributed by atoms with Gasteiger partial charge in [0.1, 0.15) is 18.2 Å². The molecule has 0 amide bonds. The van der Waals surface area contributed by atoms with Crippen LogP contribution in [-0.4, -0.2) is 99.1 Å². The summed E-state index contributed by atoms with van der Waals surface area (Å²) >= 11 is 0. The fourth-order valence-corrected chi connectivity index (χ4v) is 6.01. The molecule has 1 aromatic rings. The number of phenols is 1. The quantitative estimate of drug-likeness (QED) is 0.130. The molecule has 0 aliphatic carbocycles. The molecule has 0 radical (unpaired) electrons. The maximum atomic E-state index is 13.6. The summed E-state index contributed by atoms with van der Waals surface area (Å²) in [5.41, 5.74) is 0.438. The van der Waals surface area contributed by atoms with Crippen LogP contribution in [0.25, 0.3) is 0 Å². The lowest BCUT2D eigenvalue weighted by Gasteiger charge is -2.45. The Hall–Kier alpha value is -2.44. The molecule has 240 valence electrons. The number of rotatable bonds is 19. The summed E-state index contributed by atoms with van der Waals surface area (Å²) < 4.78 is 17.7. The van der Waals surface area contributed by atoms with Gasteiger partial charge in [-0.2, -0.15) is 0 Å². The van der Waals surface area contributed by atoms with Crippen molar-refractivity contribution in [2.45, 2.75) is 89.6 Å². The number of carbonyl (C=O) groups excluding carboxylic acids is 2. The Morgan fingerprint density at radius 1 is 1.12 bits per heavy atom. The van der Waals surface area contributed by atoms with Gasteiger partial charge < -0.3 is 45.5 Å². The monoisotopic (exact) mass is 595 g/mol. The molecule has 1 aromatic carbocycles. The van der Waals surface area contributed by atoms with E-state index >= 15 is 0 Å². The van der Waals surface area contributed by atoms with E-state index in [0.29, 0.717) is 57.2 Å². The van der Waals surface area contributed by atoms with E-state index in [0.717, 1.165) is 18.7 Å². The van der Waals surface area contributed by atoms with Crippen molar-refractivity contribution in [1.82, 2.24) is 16.0 Å². The maximum absolute atomic E-state index is 13.6. The van der Waals surface area contributed by atoms with Crippen molar-refractivity contribution in [3.8, 4) is 11.5 Å². The van der Waals surface area contributed by atoms with Gasteiger partial charge in [0.05, 0.1) is 13.2 Å². The second-order valence-electron chi connectivity index (χ2n) is 11.6. The number of aliphatic hydroxyl groups is 2. The first-order valence-corrected chi connectivity index (χ1v) is 15.1.